The van der Waals surface area contributed by atoms with Crippen LogP contribution in [0.1, 0.15) is 13.3 Å². The van der Waals surface area contributed by atoms with E-state index in [1.165, 1.54) is 0 Å². The average Bonchev–Trinajstić information content (AvgIpc) is 2.39. The second kappa shape index (κ2) is 5.14. The quantitative estimate of drug-likeness (QED) is 0.596. The Morgan fingerprint density at radius 3 is 2.76 bits per heavy atom. The summed E-state index contributed by atoms with van der Waals surface area (Å²) in [5, 5.41) is 10.6. The molecule has 1 aliphatic rings. The lowest BCUT2D eigenvalue weighted by atomic mass is 10.2. The van der Waals surface area contributed by atoms with E-state index < -0.39 is 0 Å². The number of ether oxygens (including phenoxy) is 1. The van der Waals surface area contributed by atoms with Gasteiger partial charge in [-0.15, -0.1) is 0 Å². The second-order valence-electron chi connectivity index (χ2n) is 4.12. The molecule has 5 heteroatoms. The summed E-state index contributed by atoms with van der Waals surface area (Å²) in [5.74, 6) is 0. The third-order valence-electron chi connectivity index (χ3n) is 3.02. The number of nitrogens with zero attached hydrogens (tertiary/aromatic N) is 2. The topological polar surface area (TPSA) is 55.6 Å². The Kier molecular flexibility index (Phi) is 3.58. The minimum atomic E-state index is -0.377. The molecule has 1 saturated heterocycles. The van der Waals surface area contributed by atoms with Crippen LogP contribution in [0.5, 0.6) is 0 Å². The Bertz CT molecular complexity index is 391. The van der Waals surface area contributed by atoms with Gasteiger partial charge in [0.2, 0.25) is 0 Å². The summed E-state index contributed by atoms with van der Waals surface area (Å²) < 4.78 is 5.59. The van der Waals surface area contributed by atoms with Gasteiger partial charge < -0.3 is 9.64 Å². The lowest BCUT2D eigenvalue weighted by Gasteiger charge is -2.34. The highest BCUT2D eigenvalue weighted by Gasteiger charge is 2.19. The Morgan fingerprint density at radius 2 is 2.18 bits per heavy atom. The summed E-state index contributed by atoms with van der Waals surface area (Å²) >= 11 is 0. The van der Waals surface area contributed by atoms with Crippen molar-refractivity contribution in [3.8, 4) is 0 Å². The van der Waals surface area contributed by atoms with Gasteiger partial charge >= 0.3 is 0 Å². The van der Waals surface area contributed by atoms with E-state index in [0.29, 0.717) is 0 Å². The van der Waals surface area contributed by atoms with E-state index in [0.717, 1.165) is 31.8 Å². The van der Waals surface area contributed by atoms with Gasteiger partial charge in [0, 0.05) is 30.9 Å². The molecular weight excluding hydrogens is 220 g/mol. The fourth-order valence-corrected chi connectivity index (χ4v) is 1.99. The lowest BCUT2D eigenvalue weighted by Crippen LogP contribution is -2.42. The van der Waals surface area contributed by atoms with Crippen molar-refractivity contribution in [2.24, 2.45) is 0 Å². The van der Waals surface area contributed by atoms with Gasteiger partial charge in [-0.3, -0.25) is 10.1 Å². The summed E-state index contributed by atoms with van der Waals surface area (Å²) in [6, 6.07) is 6.70. The number of hydrogen-bond acceptors (Lipinski definition) is 4. The molecule has 0 amide bonds. The maximum Gasteiger partial charge on any atom is 0.269 e. The highest BCUT2D eigenvalue weighted by atomic mass is 16.6. The van der Waals surface area contributed by atoms with Gasteiger partial charge in [0.25, 0.3) is 5.69 Å². The maximum absolute atomic E-state index is 10.6. The fraction of sp³-hybridized carbons (Fsp3) is 0.500. The van der Waals surface area contributed by atoms with E-state index >= 15 is 0 Å². The third-order valence-corrected chi connectivity index (χ3v) is 3.02. The smallest absolute Gasteiger partial charge is 0.269 e. The minimum Gasteiger partial charge on any atom is -0.375 e. The molecule has 5 nitrogen and oxygen atoms in total. The second-order valence-corrected chi connectivity index (χ2v) is 4.12. The van der Waals surface area contributed by atoms with Crippen LogP contribution in [-0.2, 0) is 4.74 Å². The van der Waals surface area contributed by atoms with Crippen LogP contribution in [-0.4, -0.2) is 30.7 Å². The van der Waals surface area contributed by atoms with Crippen molar-refractivity contribution >= 4 is 11.4 Å². The van der Waals surface area contributed by atoms with Gasteiger partial charge in [-0.2, -0.15) is 0 Å². The molecule has 0 bridgehead atoms. The molecule has 1 fully saturated rings. The third kappa shape index (κ3) is 2.74. The molecule has 1 heterocycles. The molecule has 0 N–H and O–H groups in total. The van der Waals surface area contributed by atoms with Gasteiger partial charge in [0.1, 0.15) is 0 Å². The molecular formula is C12H16N2O3. The predicted molar refractivity (Wildman–Crippen MR) is 65.3 cm³/mol. The number of benzene rings is 1. The Labute approximate surface area is 100 Å². The first-order valence-electron chi connectivity index (χ1n) is 5.81. The van der Waals surface area contributed by atoms with E-state index in [-0.39, 0.29) is 16.7 Å². The van der Waals surface area contributed by atoms with E-state index in [1.807, 2.05) is 0 Å². The highest BCUT2D eigenvalue weighted by molar-refractivity contribution is 5.51. The molecule has 2 rings (SSSR count). The summed E-state index contributed by atoms with van der Waals surface area (Å²) in [5.41, 5.74) is 1.16. The average molecular weight is 236 g/mol. The molecule has 0 aliphatic carbocycles. The zero-order chi connectivity index (χ0) is 12.3. The monoisotopic (exact) mass is 236 g/mol. The molecule has 17 heavy (non-hydrogen) atoms. The molecule has 1 atom stereocenters. The molecule has 0 aromatic heterocycles. The zero-order valence-electron chi connectivity index (χ0n) is 9.83. The van der Waals surface area contributed by atoms with E-state index in [9.17, 15) is 10.1 Å². The number of hydrogen-bond donors (Lipinski definition) is 0. The van der Waals surface area contributed by atoms with Crippen LogP contribution in [0.15, 0.2) is 24.3 Å². The van der Waals surface area contributed by atoms with Crippen molar-refractivity contribution in [3.63, 3.8) is 0 Å². The van der Waals surface area contributed by atoms with E-state index in [4.69, 9.17) is 4.74 Å². The lowest BCUT2D eigenvalue weighted by molar-refractivity contribution is -0.384. The van der Waals surface area contributed by atoms with Crippen molar-refractivity contribution in [3.05, 3.63) is 34.4 Å². The van der Waals surface area contributed by atoms with Crippen LogP contribution >= 0.6 is 0 Å². The first-order valence-corrected chi connectivity index (χ1v) is 5.81. The molecule has 92 valence electrons. The summed E-state index contributed by atoms with van der Waals surface area (Å²) in [6.45, 7) is 4.52. The van der Waals surface area contributed by atoms with Gasteiger partial charge in [-0.1, -0.05) is 6.92 Å². The maximum atomic E-state index is 10.6. The van der Waals surface area contributed by atoms with Gasteiger partial charge in [0.05, 0.1) is 17.6 Å². The molecule has 1 aromatic rings. The van der Waals surface area contributed by atoms with Crippen molar-refractivity contribution in [1.82, 2.24) is 0 Å². The zero-order valence-corrected chi connectivity index (χ0v) is 9.83. The van der Waals surface area contributed by atoms with Crippen molar-refractivity contribution < 1.29 is 9.66 Å². The van der Waals surface area contributed by atoms with Crippen LogP contribution < -0.4 is 4.90 Å². The van der Waals surface area contributed by atoms with Gasteiger partial charge in [-0.05, 0) is 18.6 Å². The number of nitro benzene ring substituents is 1. The number of nitro groups is 1. The van der Waals surface area contributed by atoms with Crippen LogP contribution in [0.4, 0.5) is 11.4 Å². The summed E-state index contributed by atoms with van der Waals surface area (Å²) in [7, 11) is 0. The fourth-order valence-electron chi connectivity index (χ4n) is 1.99. The normalized spacial score (nSPS) is 20.3. The standard InChI is InChI=1S/C12H16N2O3/c1-2-12-9-13(7-8-17-12)10-3-5-11(6-4-10)14(15)16/h3-6,12H,2,7-9H2,1H3/t12-/m0/s1. The Balaban J connectivity index is 2.08. The number of rotatable bonds is 3. The summed E-state index contributed by atoms with van der Waals surface area (Å²) in [6.07, 6.45) is 1.25. The first-order chi connectivity index (χ1) is 8.20. The van der Waals surface area contributed by atoms with E-state index in [1.54, 1.807) is 24.3 Å². The first kappa shape index (κ1) is 11.9. The molecule has 0 unspecified atom stereocenters. The SMILES string of the molecule is CC[C@H]1CN(c2ccc([N+](=O)[O-])cc2)CCO1. The van der Waals surface area contributed by atoms with Crippen LogP contribution in [0.3, 0.4) is 0 Å². The Hall–Kier alpha value is -1.62. The minimum absolute atomic E-state index is 0.133. The molecule has 0 spiro atoms. The van der Waals surface area contributed by atoms with E-state index in [2.05, 4.69) is 11.8 Å². The van der Waals surface area contributed by atoms with Crippen LogP contribution in [0, 0.1) is 10.1 Å². The van der Waals surface area contributed by atoms with Gasteiger partial charge in [-0.25, -0.2) is 0 Å². The summed E-state index contributed by atoms with van der Waals surface area (Å²) in [4.78, 5) is 12.4. The van der Waals surface area contributed by atoms with Crippen molar-refractivity contribution in [1.29, 1.82) is 0 Å². The number of non-ortho nitro benzene ring substituents is 1. The number of anilines is 1. The number of morpholine rings is 1. The van der Waals surface area contributed by atoms with Crippen molar-refractivity contribution in [2.45, 2.75) is 19.4 Å². The Morgan fingerprint density at radius 1 is 1.47 bits per heavy atom. The van der Waals surface area contributed by atoms with Crippen molar-refractivity contribution in [2.75, 3.05) is 24.6 Å². The predicted octanol–water partition coefficient (Wildman–Crippen LogP) is 2.21. The van der Waals surface area contributed by atoms with Gasteiger partial charge in [0.15, 0.2) is 0 Å². The van der Waals surface area contributed by atoms with Crippen LogP contribution in [0.25, 0.3) is 0 Å². The molecule has 1 aromatic carbocycles. The van der Waals surface area contributed by atoms with Crippen LogP contribution in [0.2, 0.25) is 0 Å². The molecule has 0 radical (unpaired) electrons. The largest absolute Gasteiger partial charge is 0.375 e. The molecule has 1 aliphatic heterocycles. The highest BCUT2D eigenvalue weighted by Crippen LogP contribution is 2.21. The molecule has 0 saturated carbocycles.